The van der Waals surface area contributed by atoms with Crippen molar-refractivity contribution in [2.24, 2.45) is 5.73 Å². The van der Waals surface area contributed by atoms with Crippen LogP contribution in [0.1, 0.15) is 11.5 Å². The van der Waals surface area contributed by atoms with E-state index in [0.29, 0.717) is 13.1 Å². The van der Waals surface area contributed by atoms with Crippen molar-refractivity contribution in [3.63, 3.8) is 0 Å². The lowest BCUT2D eigenvalue weighted by Crippen LogP contribution is -2.19. The van der Waals surface area contributed by atoms with Gasteiger partial charge in [0.25, 0.3) is 5.56 Å². The maximum absolute atomic E-state index is 11.7. The van der Waals surface area contributed by atoms with E-state index < -0.39 is 0 Å². The summed E-state index contributed by atoms with van der Waals surface area (Å²) in [6, 6.07) is 5.30. The number of rotatable bonds is 1. The molecule has 0 aromatic carbocycles. The summed E-state index contributed by atoms with van der Waals surface area (Å²) >= 11 is 0. The van der Waals surface area contributed by atoms with Crippen molar-refractivity contribution in [1.29, 1.82) is 0 Å². The van der Waals surface area contributed by atoms with Gasteiger partial charge in [0, 0.05) is 31.3 Å². The molecule has 0 amide bonds. The van der Waals surface area contributed by atoms with E-state index in [9.17, 15) is 4.79 Å². The zero-order valence-electron chi connectivity index (χ0n) is 8.18. The van der Waals surface area contributed by atoms with Crippen LogP contribution in [0.2, 0.25) is 0 Å². The van der Waals surface area contributed by atoms with Crippen LogP contribution >= 0.6 is 0 Å². The molecule has 2 aromatic heterocycles. The predicted molar refractivity (Wildman–Crippen MR) is 57.8 cm³/mol. The molecule has 2 aromatic rings. The SMILES string of the molecule is NC[C@H]1Cn2c(=O)ccc3nccc1c32. The molecule has 3 rings (SSSR count). The Labute approximate surface area is 86.4 Å². The third kappa shape index (κ3) is 1.05. The molecular weight excluding hydrogens is 190 g/mol. The normalized spacial score (nSPS) is 18.6. The van der Waals surface area contributed by atoms with Crippen LogP contribution in [0.5, 0.6) is 0 Å². The summed E-state index contributed by atoms with van der Waals surface area (Å²) in [5, 5.41) is 0. The predicted octanol–water partition coefficient (Wildman–Crippen LogP) is 0.452. The fraction of sp³-hybridized carbons (Fsp3) is 0.273. The van der Waals surface area contributed by atoms with Crippen LogP contribution in [0.4, 0.5) is 0 Å². The van der Waals surface area contributed by atoms with Crippen LogP contribution < -0.4 is 11.3 Å². The van der Waals surface area contributed by atoms with E-state index in [2.05, 4.69) is 4.98 Å². The van der Waals surface area contributed by atoms with Gasteiger partial charge in [-0.15, -0.1) is 0 Å². The summed E-state index contributed by atoms with van der Waals surface area (Å²) in [4.78, 5) is 15.9. The minimum absolute atomic E-state index is 0.0349. The summed E-state index contributed by atoms with van der Waals surface area (Å²) in [5.74, 6) is 0.255. The van der Waals surface area contributed by atoms with E-state index in [0.717, 1.165) is 16.6 Å². The van der Waals surface area contributed by atoms with Crippen molar-refractivity contribution in [3.05, 3.63) is 40.3 Å². The first-order chi connectivity index (χ1) is 7.31. The van der Waals surface area contributed by atoms with Gasteiger partial charge in [0.05, 0.1) is 11.0 Å². The number of pyridine rings is 2. The number of hydrogen-bond donors (Lipinski definition) is 1. The molecule has 4 nitrogen and oxygen atoms in total. The van der Waals surface area contributed by atoms with Crippen molar-refractivity contribution in [1.82, 2.24) is 9.55 Å². The van der Waals surface area contributed by atoms with Crippen molar-refractivity contribution in [2.75, 3.05) is 6.54 Å². The average molecular weight is 201 g/mol. The number of hydrogen-bond acceptors (Lipinski definition) is 3. The van der Waals surface area contributed by atoms with Crippen molar-refractivity contribution in [2.45, 2.75) is 12.5 Å². The van der Waals surface area contributed by atoms with Gasteiger partial charge in [-0.05, 0) is 17.7 Å². The smallest absolute Gasteiger partial charge is 0.251 e. The first-order valence-electron chi connectivity index (χ1n) is 5.00. The third-order valence-electron chi connectivity index (χ3n) is 3.03. The molecule has 0 spiro atoms. The highest BCUT2D eigenvalue weighted by Crippen LogP contribution is 2.30. The maximum Gasteiger partial charge on any atom is 0.251 e. The molecule has 76 valence electrons. The monoisotopic (exact) mass is 201 g/mol. The van der Waals surface area contributed by atoms with Crippen LogP contribution in [-0.4, -0.2) is 16.1 Å². The topological polar surface area (TPSA) is 60.9 Å². The van der Waals surface area contributed by atoms with Crippen LogP contribution in [0.3, 0.4) is 0 Å². The lowest BCUT2D eigenvalue weighted by atomic mass is 10.0. The molecule has 15 heavy (non-hydrogen) atoms. The lowest BCUT2D eigenvalue weighted by molar-refractivity contribution is 0.608. The van der Waals surface area contributed by atoms with E-state index in [1.165, 1.54) is 0 Å². The first kappa shape index (κ1) is 8.61. The molecule has 1 aliphatic rings. The van der Waals surface area contributed by atoms with Crippen LogP contribution in [0.15, 0.2) is 29.2 Å². The summed E-state index contributed by atoms with van der Waals surface area (Å²) < 4.78 is 1.77. The molecule has 0 unspecified atom stereocenters. The quantitative estimate of drug-likeness (QED) is 0.728. The zero-order valence-corrected chi connectivity index (χ0v) is 8.18. The molecular formula is C11H11N3O. The molecule has 0 saturated carbocycles. The minimum Gasteiger partial charge on any atom is -0.330 e. The molecule has 0 fully saturated rings. The van der Waals surface area contributed by atoms with Crippen molar-refractivity contribution >= 4 is 11.0 Å². The van der Waals surface area contributed by atoms with Crippen LogP contribution in [-0.2, 0) is 6.54 Å². The average Bonchev–Trinajstić information content (AvgIpc) is 2.65. The number of aromatic nitrogens is 2. The van der Waals surface area contributed by atoms with Gasteiger partial charge in [0.15, 0.2) is 0 Å². The minimum atomic E-state index is 0.0349. The largest absolute Gasteiger partial charge is 0.330 e. The summed E-state index contributed by atoms with van der Waals surface area (Å²) in [6.07, 6.45) is 1.78. The van der Waals surface area contributed by atoms with Gasteiger partial charge in [0.1, 0.15) is 0 Å². The van der Waals surface area contributed by atoms with Gasteiger partial charge in [-0.3, -0.25) is 9.78 Å². The van der Waals surface area contributed by atoms with Crippen molar-refractivity contribution in [3.8, 4) is 0 Å². The lowest BCUT2D eigenvalue weighted by Gasteiger charge is -2.05. The highest BCUT2D eigenvalue weighted by atomic mass is 16.1. The van der Waals surface area contributed by atoms with E-state index in [4.69, 9.17) is 5.73 Å². The Morgan fingerprint density at radius 2 is 2.33 bits per heavy atom. The van der Waals surface area contributed by atoms with Gasteiger partial charge in [-0.2, -0.15) is 0 Å². The Morgan fingerprint density at radius 1 is 1.47 bits per heavy atom. The van der Waals surface area contributed by atoms with E-state index in [1.807, 2.05) is 6.07 Å². The Kier molecular flexibility index (Phi) is 1.67. The second-order valence-electron chi connectivity index (χ2n) is 3.85. The van der Waals surface area contributed by atoms with Crippen LogP contribution in [0, 0.1) is 0 Å². The number of nitrogens with zero attached hydrogens (tertiary/aromatic N) is 2. The second kappa shape index (κ2) is 2.90. The summed E-state index contributed by atoms with van der Waals surface area (Å²) in [5.41, 5.74) is 8.73. The van der Waals surface area contributed by atoms with E-state index >= 15 is 0 Å². The molecule has 0 bridgehead atoms. The highest BCUT2D eigenvalue weighted by molar-refractivity contribution is 5.80. The van der Waals surface area contributed by atoms with Gasteiger partial charge < -0.3 is 10.3 Å². The molecule has 3 heterocycles. The molecule has 4 heteroatoms. The van der Waals surface area contributed by atoms with Crippen LogP contribution in [0.25, 0.3) is 11.0 Å². The van der Waals surface area contributed by atoms with Gasteiger partial charge >= 0.3 is 0 Å². The zero-order chi connectivity index (χ0) is 10.4. The standard InChI is InChI=1S/C11H11N3O/c12-5-7-6-14-10(15)2-1-9-11(14)8(7)3-4-13-9/h1-4,7H,5-6,12H2/t7-/m0/s1. The molecule has 0 aliphatic carbocycles. The van der Waals surface area contributed by atoms with Gasteiger partial charge in [-0.1, -0.05) is 0 Å². The third-order valence-corrected chi connectivity index (χ3v) is 3.03. The summed E-state index contributed by atoms with van der Waals surface area (Å²) in [7, 11) is 0. The fourth-order valence-electron chi connectivity index (χ4n) is 2.28. The fourth-order valence-corrected chi connectivity index (χ4v) is 2.28. The molecule has 1 atom stereocenters. The Balaban J connectivity index is 2.45. The second-order valence-corrected chi connectivity index (χ2v) is 3.85. The first-order valence-corrected chi connectivity index (χ1v) is 5.00. The number of nitrogens with two attached hydrogens (primary N) is 1. The Hall–Kier alpha value is -1.68. The molecule has 2 N–H and O–H groups in total. The van der Waals surface area contributed by atoms with E-state index in [-0.39, 0.29) is 11.5 Å². The maximum atomic E-state index is 11.7. The molecule has 0 radical (unpaired) electrons. The van der Waals surface area contributed by atoms with E-state index in [1.54, 1.807) is 22.9 Å². The highest BCUT2D eigenvalue weighted by Gasteiger charge is 2.23. The van der Waals surface area contributed by atoms with Gasteiger partial charge in [0.2, 0.25) is 0 Å². The Morgan fingerprint density at radius 3 is 3.13 bits per heavy atom. The van der Waals surface area contributed by atoms with Crippen molar-refractivity contribution < 1.29 is 0 Å². The molecule has 0 saturated heterocycles. The molecule has 1 aliphatic heterocycles. The van der Waals surface area contributed by atoms with Gasteiger partial charge in [-0.25, -0.2) is 0 Å². The summed E-state index contributed by atoms with van der Waals surface area (Å²) in [6.45, 7) is 1.26. The Bertz CT molecular complexity index is 588.